The maximum absolute atomic E-state index is 5.81. The molecule has 1 aliphatic carbocycles. The summed E-state index contributed by atoms with van der Waals surface area (Å²) in [6, 6.07) is 6.59. The molecule has 0 spiro atoms. The summed E-state index contributed by atoms with van der Waals surface area (Å²) in [5.41, 5.74) is 8.48. The van der Waals surface area contributed by atoms with Crippen molar-refractivity contribution in [3.63, 3.8) is 0 Å². The first kappa shape index (κ1) is 8.57. The third kappa shape index (κ3) is 1.54. The van der Waals surface area contributed by atoms with Crippen LogP contribution in [-0.2, 0) is 0 Å². The van der Waals surface area contributed by atoms with Gasteiger partial charge in [-0.25, -0.2) is 0 Å². The highest BCUT2D eigenvalue weighted by atomic mass is 16.5. The topological polar surface area (TPSA) is 35.2 Å². The molecular weight excluding hydrogens is 162 g/mol. The van der Waals surface area contributed by atoms with Crippen molar-refractivity contribution in [3.05, 3.63) is 29.3 Å². The number of hydrogen-bond donors (Lipinski definition) is 1. The van der Waals surface area contributed by atoms with Gasteiger partial charge in [-0.15, -0.1) is 0 Å². The fraction of sp³-hybridized carbons (Fsp3) is 0.455. The largest absolute Gasteiger partial charge is 0.497 e. The quantitative estimate of drug-likeness (QED) is 0.747. The lowest BCUT2D eigenvalue weighted by Crippen LogP contribution is -2.02. The molecule has 0 saturated heterocycles. The molecule has 0 radical (unpaired) electrons. The first-order chi connectivity index (χ1) is 6.22. The Morgan fingerprint density at radius 3 is 2.62 bits per heavy atom. The number of methoxy groups -OCH3 is 1. The SMILES string of the molecule is COc1ccc(C2CC2N)c(C)c1. The van der Waals surface area contributed by atoms with E-state index in [9.17, 15) is 0 Å². The molecule has 2 heteroatoms. The summed E-state index contributed by atoms with van der Waals surface area (Å²) in [5, 5.41) is 0. The molecule has 1 aliphatic rings. The Balaban J connectivity index is 2.27. The molecule has 2 N–H and O–H groups in total. The first-order valence-corrected chi connectivity index (χ1v) is 4.62. The summed E-state index contributed by atoms with van der Waals surface area (Å²) >= 11 is 0. The van der Waals surface area contributed by atoms with E-state index in [0.717, 1.165) is 12.2 Å². The van der Waals surface area contributed by atoms with E-state index in [1.54, 1.807) is 7.11 Å². The van der Waals surface area contributed by atoms with Crippen molar-refractivity contribution in [2.45, 2.75) is 25.3 Å². The van der Waals surface area contributed by atoms with E-state index in [2.05, 4.69) is 19.1 Å². The molecule has 1 aromatic rings. The van der Waals surface area contributed by atoms with Gasteiger partial charge in [0.05, 0.1) is 7.11 Å². The molecule has 2 rings (SSSR count). The predicted molar refractivity (Wildman–Crippen MR) is 53.1 cm³/mol. The molecule has 0 aromatic heterocycles. The average molecular weight is 177 g/mol. The van der Waals surface area contributed by atoms with Crippen LogP contribution in [0.5, 0.6) is 5.75 Å². The molecule has 2 nitrogen and oxygen atoms in total. The van der Waals surface area contributed by atoms with Gasteiger partial charge in [-0.1, -0.05) is 6.07 Å². The molecule has 1 saturated carbocycles. The van der Waals surface area contributed by atoms with Crippen LogP contribution in [0, 0.1) is 6.92 Å². The van der Waals surface area contributed by atoms with E-state index < -0.39 is 0 Å². The molecule has 2 unspecified atom stereocenters. The van der Waals surface area contributed by atoms with Crippen molar-refractivity contribution in [1.29, 1.82) is 0 Å². The number of aryl methyl sites for hydroxylation is 1. The smallest absolute Gasteiger partial charge is 0.119 e. The highest BCUT2D eigenvalue weighted by Crippen LogP contribution is 2.41. The lowest BCUT2D eigenvalue weighted by Gasteiger charge is -2.06. The third-order valence-corrected chi connectivity index (χ3v) is 2.72. The summed E-state index contributed by atoms with van der Waals surface area (Å²) in [4.78, 5) is 0. The van der Waals surface area contributed by atoms with Crippen molar-refractivity contribution in [3.8, 4) is 5.75 Å². The molecule has 0 bridgehead atoms. The van der Waals surface area contributed by atoms with Gasteiger partial charge >= 0.3 is 0 Å². The predicted octanol–water partition coefficient (Wildman–Crippen LogP) is 1.82. The Bertz CT molecular complexity index is 322. The Kier molecular flexibility index (Phi) is 2.00. The molecule has 0 amide bonds. The second-order valence-corrected chi connectivity index (χ2v) is 3.73. The van der Waals surface area contributed by atoms with E-state index in [4.69, 9.17) is 10.5 Å². The molecule has 13 heavy (non-hydrogen) atoms. The van der Waals surface area contributed by atoms with Crippen LogP contribution in [0.4, 0.5) is 0 Å². The van der Waals surface area contributed by atoms with Crippen LogP contribution in [0.15, 0.2) is 18.2 Å². The van der Waals surface area contributed by atoms with Gasteiger partial charge in [-0.2, -0.15) is 0 Å². The zero-order valence-electron chi connectivity index (χ0n) is 8.08. The molecular formula is C11H15NO. The van der Waals surface area contributed by atoms with Crippen molar-refractivity contribution in [1.82, 2.24) is 0 Å². The van der Waals surface area contributed by atoms with Gasteiger partial charge in [0.1, 0.15) is 5.75 Å². The van der Waals surface area contributed by atoms with E-state index in [-0.39, 0.29) is 0 Å². The van der Waals surface area contributed by atoms with Crippen LogP contribution >= 0.6 is 0 Å². The van der Waals surface area contributed by atoms with Crippen molar-refractivity contribution < 1.29 is 4.74 Å². The second kappa shape index (κ2) is 3.04. The van der Waals surface area contributed by atoms with Crippen molar-refractivity contribution in [2.24, 2.45) is 5.73 Å². The third-order valence-electron chi connectivity index (χ3n) is 2.72. The highest BCUT2D eigenvalue weighted by molar-refractivity contribution is 5.40. The van der Waals surface area contributed by atoms with Gasteiger partial charge < -0.3 is 10.5 Å². The second-order valence-electron chi connectivity index (χ2n) is 3.73. The number of hydrogen-bond acceptors (Lipinski definition) is 2. The van der Waals surface area contributed by atoms with Crippen LogP contribution < -0.4 is 10.5 Å². The Morgan fingerprint density at radius 2 is 2.15 bits per heavy atom. The van der Waals surface area contributed by atoms with Crippen molar-refractivity contribution >= 4 is 0 Å². The van der Waals surface area contributed by atoms with E-state index in [0.29, 0.717) is 12.0 Å². The number of benzene rings is 1. The summed E-state index contributed by atoms with van der Waals surface area (Å²) in [6.07, 6.45) is 1.13. The lowest BCUT2D eigenvalue weighted by atomic mass is 10.0. The maximum atomic E-state index is 5.81. The van der Waals surface area contributed by atoms with Gasteiger partial charge in [0, 0.05) is 12.0 Å². The summed E-state index contributed by atoms with van der Waals surface area (Å²) in [6.45, 7) is 2.11. The van der Waals surface area contributed by atoms with Crippen LogP contribution in [0.2, 0.25) is 0 Å². The van der Waals surface area contributed by atoms with E-state index >= 15 is 0 Å². The monoisotopic (exact) mass is 177 g/mol. The van der Waals surface area contributed by atoms with E-state index in [1.807, 2.05) is 6.07 Å². The number of ether oxygens (including phenoxy) is 1. The Labute approximate surface area is 78.7 Å². The van der Waals surface area contributed by atoms with Gasteiger partial charge in [-0.3, -0.25) is 0 Å². The maximum Gasteiger partial charge on any atom is 0.119 e. The van der Waals surface area contributed by atoms with Crippen LogP contribution in [0.1, 0.15) is 23.5 Å². The van der Waals surface area contributed by atoms with Crippen LogP contribution in [0.3, 0.4) is 0 Å². The summed E-state index contributed by atoms with van der Waals surface area (Å²) < 4.78 is 5.15. The molecule has 1 aromatic carbocycles. The number of nitrogens with two attached hydrogens (primary N) is 1. The average Bonchev–Trinajstić information content (AvgIpc) is 2.82. The molecule has 70 valence electrons. The minimum atomic E-state index is 0.382. The Hall–Kier alpha value is -1.02. The van der Waals surface area contributed by atoms with Crippen molar-refractivity contribution in [2.75, 3.05) is 7.11 Å². The number of rotatable bonds is 2. The summed E-state index contributed by atoms with van der Waals surface area (Å²) in [5.74, 6) is 1.52. The van der Waals surface area contributed by atoms with Crippen LogP contribution in [-0.4, -0.2) is 13.2 Å². The molecule has 1 fully saturated rings. The summed E-state index contributed by atoms with van der Waals surface area (Å²) in [7, 11) is 1.69. The van der Waals surface area contributed by atoms with Gasteiger partial charge in [0.25, 0.3) is 0 Å². The highest BCUT2D eigenvalue weighted by Gasteiger charge is 2.35. The fourth-order valence-corrected chi connectivity index (χ4v) is 1.76. The van der Waals surface area contributed by atoms with E-state index in [1.165, 1.54) is 11.1 Å². The lowest BCUT2D eigenvalue weighted by molar-refractivity contribution is 0.414. The minimum absolute atomic E-state index is 0.382. The van der Waals surface area contributed by atoms with Gasteiger partial charge in [0.15, 0.2) is 0 Å². The molecule has 0 aliphatic heterocycles. The van der Waals surface area contributed by atoms with Gasteiger partial charge in [-0.05, 0) is 36.6 Å². The zero-order valence-corrected chi connectivity index (χ0v) is 8.08. The standard InChI is InChI=1S/C11H15NO/c1-7-5-8(13-2)3-4-9(7)10-6-11(10)12/h3-5,10-11H,6,12H2,1-2H3. The minimum Gasteiger partial charge on any atom is -0.497 e. The normalized spacial score (nSPS) is 25.8. The zero-order chi connectivity index (χ0) is 9.42. The molecule has 2 atom stereocenters. The van der Waals surface area contributed by atoms with Gasteiger partial charge in [0.2, 0.25) is 0 Å². The fourth-order valence-electron chi connectivity index (χ4n) is 1.76. The molecule has 0 heterocycles. The first-order valence-electron chi connectivity index (χ1n) is 4.62. The van der Waals surface area contributed by atoms with Crippen LogP contribution in [0.25, 0.3) is 0 Å². The Morgan fingerprint density at radius 1 is 1.46 bits per heavy atom.